The molecule has 0 amide bonds. The molecule has 0 aliphatic rings. The van der Waals surface area contributed by atoms with E-state index in [1.165, 1.54) is 17.9 Å². The molecule has 0 aliphatic heterocycles. The van der Waals surface area contributed by atoms with Gasteiger partial charge in [-0.2, -0.15) is 0 Å². The molecule has 2 radical (unpaired) electrons. The lowest BCUT2D eigenvalue weighted by Crippen LogP contribution is -2.19. The minimum absolute atomic E-state index is 0.287. The summed E-state index contributed by atoms with van der Waals surface area (Å²) >= 11 is 0. The molecule has 2 nitrogen and oxygen atoms in total. The molecular weight excluding hydrogens is 252 g/mol. The molecule has 0 fully saturated rings. The van der Waals surface area contributed by atoms with Crippen LogP contribution in [0, 0.1) is 0 Å². The molecule has 2 rings (SSSR count). The van der Waals surface area contributed by atoms with Gasteiger partial charge in [-0.25, -0.2) is 4.79 Å². The predicted molar refractivity (Wildman–Crippen MR) is 78.0 cm³/mol. The van der Waals surface area contributed by atoms with Crippen molar-refractivity contribution < 1.29 is 9.53 Å². The van der Waals surface area contributed by atoms with Crippen LogP contribution in [0.15, 0.2) is 54.6 Å². The molecule has 0 saturated carbocycles. The van der Waals surface area contributed by atoms with Gasteiger partial charge in [0.05, 0.1) is 22.2 Å². The molecule has 0 saturated heterocycles. The molecule has 1 atom stereocenters. The van der Waals surface area contributed by atoms with E-state index in [9.17, 15) is 4.79 Å². The van der Waals surface area contributed by atoms with Gasteiger partial charge in [-0.05, 0) is 23.2 Å². The number of methoxy groups -OCH3 is 1. The fourth-order valence-electron chi connectivity index (χ4n) is 1.89. The number of benzene rings is 2. The van der Waals surface area contributed by atoms with Crippen LogP contribution in [-0.2, 0) is 4.74 Å². The standard InChI is InChI=1S/C16H16O2Si/c1-12(19-15-6-4-3-5-7-15)13-8-10-14(11-9-13)16(17)18-2/h3-12H,1-2H3/t12-/m0/s1. The number of esters is 1. The SMILES string of the molecule is COC(=O)c1ccc([C@H](C)[Si]c2ccccc2)cc1. The molecule has 96 valence electrons. The molecule has 0 aromatic heterocycles. The van der Waals surface area contributed by atoms with Crippen LogP contribution >= 0.6 is 0 Å². The smallest absolute Gasteiger partial charge is 0.337 e. The van der Waals surface area contributed by atoms with E-state index in [0.717, 1.165) is 9.52 Å². The van der Waals surface area contributed by atoms with Crippen molar-refractivity contribution in [3.05, 3.63) is 65.7 Å². The largest absolute Gasteiger partial charge is 0.465 e. The van der Waals surface area contributed by atoms with Gasteiger partial charge < -0.3 is 4.74 Å². The highest BCUT2D eigenvalue weighted by Crippen LogP contribution is 2.15. The second-order valence-electron chi connectivity index (χ2n) is 4.35. The topological polar surface area (TPSA) is 26.3 Å². The Balaban J connectivity index is 2.07. The molecule has 2 aromatic carbocycles. The Morgan fingerprint density at radius 1 is 1.05 bits per heavy atom. The lowest BCUT2D eigenvalue weighted by molar-refractivity contribution is 0.0600. The number of hydrogen-bond donors (Lipinski definition) is 0. The number of hydrogen-bond acceptors (Lipinski definition) is 2. The van der Waals surface area contributed by atoms with Gasteiger partial charge in [0.1, 0.15) is 0 Å². The maximum atomic E-state index is 11.4. The fourth-order valence-corrected chi connectivity index (χ4v) is 3.14. The summed E-state index contributed by atoms with van der Waals surface area (Å²) in [6.07, 6.45) is 0. The molecule has 0 unspecified atom stereocenters. The zero-order valence-corrected chi connectivity index (χ0v) is 12.1. The van der Waals surface area contributed by atoms with Crippen molar-refractivity contribution in [1.29, 1.82) is 0 Å². The van der Waals surface area contributed by atoms with Crippen LogP contribution in [0.2, 0.25) is 0 Å². The van der Waals surface area contributed by atoms with E-state index in [4.69, 9.17) is 4.74 Å². The summed E-state index contributed by atoms with van der Waals surface area (Å²) in [7, 11) is 2.13. The van der Waals surface area contributed by atoms with E-state index >= 15 is 0 Å². The summed E-state index contributed by atoms with van der Waals surface area (Å²) < 4.78 is 4.70. The average molecular weight is 268 g/mol. The van der Waals surface area contributed by atoms with Gasteiger partial charge in [0.15, 0.2) is 0 Å². The Bertz CT molecular complexity index is 534. The highest BCUT2D eigenvalue weighted by atomic mass is 28.2. The van der Waals surface area contributed by atoms with E-state index < -0.39 is 0 Å². The van der Waals surface area contributed by atoms with Gasteiger partial charge in [0.25, 0.3) is 0 Å². The lowest BCUT2D eigenvalue weighted by Gasteiger charge is -2.11. The summed E-state index contributed by atoms with van der Waals surface area (Å²) in [5, 5.41) is 1.35. The van der Waals surface area contributed by atoms with Crippen LogP contribution < -0.4 is 5.19 Å². The monoisotopic (exact) mass is 268 g/mol. The molecule has 3 heteroatoms. The quantitative estimate of drug-likeness (QED) is 0.629. The van der Waals surface area contributed by atoms with Crippen LogP contribution in [0.4, 0.5) is 0 Å². The van der Waals surface area contributed by atoms with E-state index in [2.05, 4.69) is 31.2 Å². The maximum Gasteiger partial charge on any atom is 0.337 e. The van der Waals surface area contributed by atoms with Crippen molar-refractivity contribution in [2.24, 2.45) is 0 Å². The van der Waals surface area contributed by atoms with Crippen LogP contribution in [0.5, 0.6) is 0 Å². The van der Waals surface area contributed by atoms with Gasteiger partial charge in [0, 0.05) is 0 Å². The molecule has 0 heterocycles. The lowest BCUT2D eigenvalue weighted by atomic mass is 10.1. The predicted octanol–water partition coefficient (Wildman–Crippen LogP) is 2.56. The van der Waals surface area contributed by atoms with Crippen molar-refractivity contribution in [2.45, 2.75) is 12.5 Å². The molecule has 0 spiro atoms. The summed E-state index contributed by atoms with van der Waals surface area (Å²) in [5.41, 5.74) is 2.30. The first-order valence-electron chi connectivity index (χ1n) is 6.20. The van der Waals surface area contributed by atoms with Gasteiger partial charge in [-0.15, -0.1) is 0 Å². The Labute approximate surface area is 116 Å². The summed E-state index contributed by atoms with van der Waals surface area (Å²) in [4.78, 5) is 11.4. The second-order valence-corrected chi connectivity index (χ2v) is 6.08. The zero-order valence-electron chi connectivity index (χ0n) is 11.1. The summed E-state index contributed by atoms with van der Waals surface area (Å²) in [6, 6.07) is 18.1. The Kier molecular flexibility index (Phi) is 4.52. The first-order chi connectivity index (χ1) is 9.20. The molecular formula is C16H16O2Si. The normalized spacial score (nSPS) is 11.9. The van der Waals surface area contributed by atoms with Crippen molar-refractivity contribution in [3.8, 4) is 0 Å². The van der Waals surface area contributed by atoms with E-state index in [-0.39, 0.29) is 5.97 Å². The third-order valence-electron chi connectivity index (χ3n) is 2.99. The first-order valence-corrected chi connectivity index (χ1v) is 7.28. The van der Waals surface area contributed by atoms with Crippen molar-refractivity contribution in [3.63, 3.8) is 0 Å². The number of carbonyl (C=O) groups excluding carboxylic acids is 1. The van der Waals surface area contributed by atoms with E-state index in [1.807, 2.05) is 30.3 Å². The maximum absolute atomic E-state index is 11.4. The first kappa shape index (κ1) is 13.6. The zero-order chi connectivity index (χ0) is 13.7. The molecule has 0 N–H and O–H groups in total. The van der Waals surface area contributed by atoms with Gasteiger partial charge in [0.2, 0.25) is 0 Å². The van der Waals surface area contributed by atoms with E-state index in [1.54, 1.807) is 0 Å². The van der Waals surface area contributed by atoms with Crippen LogP contribution in [-0.4, -0.2) is 22.6 Å². The molecule has 0 bridgehead atoms. The third-order valence-corrected chi connectivity index (χ3v) is 4.42. The Morgan fingerprint density at radius 2 is 1.68 bits per heavy atom. The average Bonchev–Trinajstić information content (AvgIpc) is 2.47. The number of carbonyl (C=O) groups is 1. The molecule has 0 aliphatic carbocycles. The Morgan fingerprint density at radius 3 is 2.26 bits per heavy atom. The third kappa shape index (κ3) is 3.55. The van der Waals surface area contributed by atoms with Gasteiger partial charge in [-0.3, -0.25) is 0 Å². The van der Waals surface area contributed by atoms with Crippen molar-refractivity contribution in [2.75, 3.05) is 7.11 Å². The van der Waals surface area contributed by atoms with Crippen LogP contribution in [0.25, 0.3) is 0 Å². The fraction of sp³-hybridized carbons (Fsp3) is 0.188. The minimum atomic E-state index is -0.287. The minimum Gasteiger partial charge on any atom is -0.465 e. The highest BCUT2D eigenvalue weighted by Gasteiger charge is 2.10. The second kappa shape index (κ2) is 6.34. The molecule has 19 heavy (non-hydrogen) atoms. The van der Waals surface area contributed by atoms with Gasteiger partial charge >= 0.3 is 5.97 Å². The van der Waals surface area contributed by atoms with Crippen molar-refractivity contribution >= 4 is 20.7 Å². The molecule has 2 aromatic rings. The summed E-state index contributed by atoms with van der Waals surface area (Å²) in [6.45, 7) is 2.21. The van der Waals surface area contributed by atoms with Crippen LogP contribution in [0.1, 0.15) is 28.4 Å². The number of rotatable bonds is 4. The van der Waals surface area contributed by atoms with Crippen molar-refractivity contribution in [1.82, 2.24) is 0 Å². The summed E-state index contributed by atoms with van der Waals surface area (Å²) in [5.74, 6) is -0.287. The highest BCUT2D eigenvalue weighted by molar-refractivity contribution is 6.54. The Hall–Kier alpha value is -1.87. The van der Waals surface area contributed by atoms with Crippen LogP contribution in [0.3, 0.4) is 0 Å². The van der Waals surface area contributed by atoms with E-state index in [0.29, 0.717) is 11.1 Å². The number of ether oxygens (including phenoxy) is 1. The van der Waals surface area contributed by atoms with Gasteiger partial charge in [-0.1, -0.05) is 54.6 Å².